The fourth-order valence-corrected chi connectivity index (χ4v) is 5.25. The van der Waals surface area contributed by atoms with Crippen LogP contribution in [0.1, 0.15) is 12.8 Å². The zero-order chi connectivity index (χ0) is 19.5. The Labute approximate surface area is 159 Å². The molecular formula is C20H23NO5S. The second-order valence-corrected chi connectivity index (χ2v) is 8.94. The van der Waals surface area contributed by atoms with Crippen molar-refractivity contribution in [2.75, 3.05) is 27.2 Å². The number of carbonyl (C=O) groups is 1. The molecule has 1 aliphatic heterocycles. The number of piperidine rings is 1. The van der Waals surface area contributed by atoms with Crippen LogP contribution in [0.3, 0.4) is 0 Å². The number of ether oxygens (including phenoxy) is 2. The van der Waals surface area contributed by atoms with Crippen molar-refractivity contribution in [2.24, 2.45) is 0 Å². The van der Waals surface area contributed by atoms with Crippen molar-refractivity contribution in [3.63, 3.8) is 0 Å². The number of hydrogen-bond acceptors (Lipinski definition) is 6. The molecule has 1 fully saturated rings. The largest absolute Gasteiger partial charge is 0.468 e. The zero-order valence-corrected chi connectivity index (χ0v) is 16.2. The molecule has 3 rings (SSSR count). The average Bonchev–Trinajstić information content (AvgIpc) is 2.69. The lowest BCUT2D eigenvalue weighted by atomic mass is 9.96. The van der Waals surface area contributed by atoms with Crippen LogP contribution in [0.25, 0.3) is 0 Å². The number of carbonyl (C=O) groups excluding carboxylic acids is 1. The summed E-state index contributed by atoms with van der Waals surface area (Å²) in [6.07, 6.45) is 0.418. The van der Waals surface area contributed by atoms with Gasteiger partial charge in [0.1, 0.15) is 11.5 Å². The number of para-hydroxylation sites is 1. The maximum absolute atomic E-state index is 13.3. The number of esters is 1. The maximum Gasteiger partial charge on any atom is 0.327 e. The highest BCUT2D eigenvalue weighted by atomic mass is 32.2. The molecule has 2 aromatic carbocycles. The van der Waals surface area contributed by atoms with Gasteiger partial charge in [-0.2, -0.15) is 0 Å². The Bertz CT molecular complexity index is 886. The number of sulfone groups is 1. The van der Waals surface area contributed by atoms with Gasteiger partial charge in [-0.05, 0) is 69.4 Å². The van der Waals surface area contributed by atoms with E-state index < -0.39 is 20.6 Å². The molecule has 2 aromatic rings. The van der Waals surface area contributed by atoms with Crippen LogP contribution in [0.2, 0.25) is 0 Å². The Kier molecular flexibility index (Phi) is 5.53. The molecule has 0 saturated carbocycles. The number of rotatable bonds is 5. The van der Waals surface area contributed by atoms with Crippen LogP contribution >= 0.6 is 0 Å². The van der Waals surface area contributed by atoms with Gasteiger partial charge in [-0.25, -0.2) is 8.42 Å². The molecule has 0 amide bonds. The van der Waals surface area contributed by atoms with E-state index in [9.17, 15) is 13.2 Å². The molecule has 1 aliphatic rings. The molecular weight excluding hydrogens is 366 g/mol. The first-order valence-electron chi connectivity index (χ1n) is 8.74. The highest BCUT2D eigenvalue weighted by Gasteiger charge is 2.53. The van der Waals surface area contributed by atoms with Crippen molar-refractivity contribution in [1.29, 1.82) is 0 Å². The minimum absolute atomic E-state index is 0.0952. The van der Waals surface area contributed by atoms with Crippen molar-refractivity contribution < 1.29 is 22.7 Å². The van der Waals surface area contributed by atoms with Crippen LogP contribution in [-0.4, -0.2) is 51.3 Å². The summed E-state index contributed by atoms with van der Waals surface area (Å²) in [5, 5.41) is 0. The third-order valence-corrected chi connectivity index (χ3v) is 7.48. The lowest BCUT2D eigenvalue weighted by Crippen LogP contribution is -2.54. The van der Waals surface area contributed by atoms with Crippen molar-refractivity contribution in [3.05, 3.63) is 54.6 Å². The molecule has 27 heavy (non-hydrogen) atoms. The molecule has 144 valence electrons. The van der Waals surface area contributed by atoms with E-state index in [1.165, 1.54) is 19.2 Å². The van der Waals surface area contributed by atoms with E-state index in [0.29, 0.717) is 24.6 Å². The summed E-state index contributed by atoms with van der Waals surface area (Å²) in [5.41, 5.74) is 0. The predicted octanol–water partition coefficient (Wildman–Crippen LogP) is 2.89. The van der Waals surface area contributed by atoms with Gasteiger partial charge < -0.3 is 14.4 Å². The number of benzene rings is 2. The Morgan fingerprint density at radius 2 is 1.52 bits per heavy atom. The van der Waals surface area contributed by atoms with E-state index in [0.717, 1.165) is 0 Å². The first-order valence-corrected chi connectivity index (χ1v) is 10.2. The van der Waals surface area contributed by atoms with E-state index in [4.69, 9.17) is 9.47 Å². The van der Waals surface area contributed by atoms with Crippen LogP contribution in [0.5, 0.6) is 11.5 Å². The molecule has 0 unspecified atom stereocenters. The van der Waals surface area contributed by atoms with Gasteiger partial charge in [-0.3, -0.25) is 4.79 Å². The second-order valence-electron chi connectivity index (χ2n) is 6.68. The lowest BCUT2D eigenvalue weighted by molar-refractivity contribution is -0.145. The molecule has 1 heterocycles. The molecule has 1 saturated heterocycles. The first kappa shape index (κ1) is 19.4. The highest BCUT2D eigenvalue weighted by molar-refractivity contribution is 7.93. The normalized spacial score (nSPS) is 17.3. The van der Waals surface area contributed by atoms with E-state index in [1.807, 2.05) is 42.3 Å². The Morgan fingerprint density at radius 3 is 2.07 bits per heavy atom. The van der Waals surface area contributed by atoms with E-state index in [2.05, 4.69) is 0 Å². The molecule has 0 spiro atoms. The third kappa shape index (κ3) is 3.70. The Morgan fingerprint density at radius 1 is 0.963 bits per heavy atom. The summed E-state index contributed by atoms with van der Waals surface area (Å²) in [5.74, 6) is 0.491. The van der Waals surface area contributed by atoms with E-state index in [1.54, 1.807) is 12.1 Å². The Hall–Kier alpha value is -2.38. The van der Waals surface area contributed by atoms with E-state index >= 15 is 0 Å². The van der Waals surface area contributed by atoms with Crippen LogP contribution in [0.15, 0.2) is 59.5 Å². The third-order valence-electron chi connectivity index (χ3n) is 4.98. The molecule has 0 radical (unpaired) electrons. The lowest BCUT2D eigenvalue weighted by Gasteiger charge is -2.37. The average molecular weight is 389 g/mol. The topological polar surface area (TPSA) is 72.9 Å². The molecule has 0 N–H and O–H groups in total. The van der Waals surface area contributed by atoms with Crippen LogP contribution in [0.4, 0.5) is 0 Å². The second kappa shape index (κ2) is 7.70. The summed E-state index contributed by atoms with van der Waals surface area (Å²) in [7, 11) is -0.768. The van der Waals surface area contributed by atoms with Crippen molar-refractivity contribution in [1.82, 2.24) is 4.90 Å². The predicted molar refractivity (Wildman–Crippen MR) is 102 cm³/mol. The molecule has 0 aromatic heterocycles. The minimum atomic E-state index is -3.90. The van der Waals surface area contributed by atoms with Crippen molar-refractivity contribution >= 4 is 15.8 Å². The highest BCUT2D eigenvalue weighted by Crippen LogP contribution is 2.37. The van der Waals surface area contributed by atoms with Gasteiger partial charge in [0, 0.05) is 0 Å². The van der Waals surface area contributed by atoms with Crippen LogP contribution in [0, 0.1) is 0 Å². The standard InChI is InChI=1S/C20H23NO5S/c1-21-14-12-20(13-15-21,19(22)25-2)27(23,24)18-10-8-17(9-11-18)26-16-6-4-3-5-7-16/h3-11H,12-15H2,1-2H3. The summed E-state index contributed by atoms with van der Waals surface area (Å²) < 4.78 is 35.7. The molecule has 6 nitrogen and oxygen atoms in total. The summed E-state index contributed by atoms with van der Waals surface area (Å²) in [6, 6.07) is 15.4. The number of hydrogen-bond donors (Lipinski definition) is 0. The number of methoxy groups -OCH3 is 1. The van der Waals surface area contributed by atoms with Gasteiger partial charge in [0.25, 0.3) is 0 Å². The fraction of sp³-hybridized carbons (Fsp3) is 0.350. The minimum Gasteiger partial charge on any atom is -0.468 e. The van der Waals surface area contributed by atoms with Gasteiger partial charge in [0.05, 0.1) is 12.0 Å². The SMILES string of the molecule is COC(=O)C1(S(=O)(=O)c2ccc(Oc3ccccc3)cc2)CCN(C)CC1. The van der Waals surface area contributed by atoms with Crippen molar-refractivity contribution in [3.8, 4) is 11.5 Å². The number of likely N-dealkylation sites (tertiary alicyclic amines) is 1. The monoisotopic (exact) mass is 389 g/mol. The van der Waals surface area contributed by atoms with Gasteiger partial charge >= 0.3 is 5.97 Å². The zero-order valence-electron chi connectivity index (χ0n) is 15.4. The fourth-order valence-electron chi connectivity index (χ4n) is 3.29. The van der Waals surface area contributed by atoms with E-state index in [-0.39, 0.29) is 17.7 Å². The van der Waals surface area contributed by atoms with Gasteiger partial charge in [-0.15, -0.1) is 0 Å². The van der Waals surface area contributed by atoms with Crippen LogP contribution in [-0.2, 0) is 19.4 Å². The van der Waals surface area contributed by atoms with Gasteiger partial charge in [0.15, 0.2) is 14.6 Å². The molecule has 0 aliphatic carbocycles. The quantitative estimate of drug-likeness (QED) is 0.732. The van der Waals surface area contributed by atoms with Crippen LogP contribution < -0.4 is 4.74 Å². The molecule has 0 atom stereocenters. The summed E-state index contributed by atoms with van der Waals surface area (Å²) in [4.78, 5) is 14.6. The van der Waals surface area contributed by atoms with Gasteiger partial charge in [-0.1, -0.05) is 18.2 Å². The summed E-state index contributed by atoms with van der Waals surface area (Å²) >= 11 is 0. The summed E-state index contributed by atoms with van der Waals surface area (Å²) in [6.45, 7) is 1.03. The first-order chi connectivity index (χ1) is 12.9. The molecule has 0 bridgehead atoms. The maximum atomic E-state index is 13.3. The van der Waals surface area contributed by atoms with Crippen molar-refractivity contribution in [2.45, 2.75) is 22.5 Å². The molecule has 7 heteroatoms. The smallest absolute Gasteiger partial charge is 0.327 e. The number of nitrogens with zero attached hydrogens (tertiary/aromatic N) is 1. The Balaban J connectivity index is 1.89. The van der Waals surface area contributed by atoms with Gasteiger partial charge in [0.2, 0.25) is 0 Å².